The van der Waals surface area contributed by atoms with Crippen molar-refractivity contribution < 1.29 is 25.2 Å². The topological polar surface area (TPSA) is 124 Å². The summed E-state index contributed by atoms with van der Waals surface area (Å²) in [6.45, 7) is 14.8. The van der Waals surface area contributed by atoms with Crippen LogP contribution in [0.3, 0.4) is 0 Å². The van der Waals surface area contributed by atoms with Crippen LogP contribution in [0.25, 0.3) is 0 Å². The van der Waals surface area contributed by atoms with E-state index >= 15 is 0 Å². The van der Waals surface area contributed by atoms with Crippen molar-refractivity contribution in [1.29, 1.82) is 0 Å². The fraction of sp³-hybridized carbons (Fsp3) is 0.182. The van der Waals surface area contributed by atoms with E-state index < -0.39 is 0 Å². The molecule has 6 rings (SSSR count). The number of rotatable bonds is 11. The van der Waals surface area contributed by atoms with E-state index in [1.807, 2.05) is 174 Å². The third-order valence-electron chi connectivity index (χ3n) is 9.32. The molecule has 0 unspecified atom stereocenters. The summed E-state index contributed by atoms with van der Waals surface area (Å²) in [6, 6.07) is 32.2. The Morgan fingerprint density at radius 3 is 1.13 bits per heavy atom. The molecule has 0 aliphatic carbocycles. The van der Waals surface area contributed by atoms with Crippen molar-refractivity contribution in [3.63, 3.8) is 0 Å². The van der Waals surface area contributed by atoms with Crippen LogP contribution in [0.2, 0.25) is 0 Å². The third-order valence-corrected chi connectivity index (χ3v) is 9.32. The normalized spacial score (nSPS) is 10.9. The molecule has 0 fully saturated rings. The molecule has 0 atom stereocenters. The van der Waals surface area contributed by atoms with Gasteiger partial charge in [-0.2, -0.15) is 15.4 Å². The van der Waals surface area contributed by atoms with E-state index in [0.29, 0.717) is 78.7 Å². The Hall–Kier alpha value is -6.68. The van der Waals surface area contributed by atoms with Crippen LogP contribution in [0, 0.1) is 55.4 Å². The Morgan fingerprint density at radius 1 is 0.389 bits per heavy atom. The number of aryl methyl sites for hydroxylation is 8. The molecule has 0 amide bonds. The highest BCUT2D eigenvalue weighted by molar-refractivity contribution is 5.74. The molecular weight excluding hydrogens is 679 g/mol. The van der Waals surface area contributed by atoms with Crippen LogP contribution in [0.4, 0.5) is 28.4 Å². The third kappa shape index (κ3) is 7.73. The smallest absolute Gasteiger partial charge is 0.127 e. The molecule has 0 saturated carbocycles. The summed E-state index contributed by atoms with van der Waals surface area (Å²) in [7, 11) is 0. The Labute approximate surface area is 316 Å². The molecule has 6 aromatic carbocycles. The fourth-order valence-electron chi connectivity index (χ4n) is 6.41. The summed E-state index contributed by atoms with van der Waals surface area (Å²) in [5.41, 5.74) is 16.0. The number of nitrogens with zero attached hydrogens (tertiary/aromatic N) is 3. The van der Waals surface area contributed by atoms with Gasteiger partial charge in [0.2, 0.25) is 0 Å². The highest BCUT2D eigenvalue weighted by atomic mass is 16.5. The minimum absolute atomic E-state index is 0.184. The van der Waals surface area contributed by atoms with Crippen LogP contribution in [-0.4, -0.2) is 20.4 Å². The summed E-state index contributed by atoms with van der Waals surface area (Å²) in [4.78, 5) is 0. The van der Waals surface area contributed by atoms with E-state index in [1.165, 1.54) is 0 Å². The van der Waals surface area contributed by atoms with Crippen LogP contribution in [0.15, 0.2) is 103 Å². The van der Waals surface area contributed by atoms with Crippen molar-refractivity contribution >= 4 is 28.4 Å². The van der Waals surface area contributed by atoms with Crippen molar-refractivity contribution in [1.82, 2.24) is 0 Å². The average molecular weight is 726 g/mol. The maximum absolute atomic E-state index is 11.0. The van der Waals surface area contributed by atoms with Gasteiger partial charge in [-0.1, -0.05) is 18.2 Å². The molecule has 6 aromatic rings. The lowest BCUT2D eigenvalue weighted by atomic mass is 10.1. The number of ether oxygens (including phenoxy) is 1. The summed E-state index contributed by atoms with van der Waals surface area (Å²) < 4.78 is 6.08. The van der Waals surface area contributed by atoms with E-state index in [2.05, 4.69) is 10.9 Å². The molecule has 6 N–H and O–H groups in total. The number of phenolic OH excluding ortho intramolecular Hbond substituents is 4. The number of hydrogen-bond donors (Lipinski definition) is 6. The molecule has 0 saturated heterocycles. The zero-order chi connectivity index (χ0) is 38.8. The number of hydrazine groups is 4. The number of benzene rings is 6. The lowest BCUT2D eigenvalue weighted by molar-refractivity contribution is 0.466. The molecule has 0 aromatic heterocycles. The van der Waals surface area contributed by atoms with Gasteiger partial charge >= 0.3 is 0 Å². The van der Waals surface area contributed by atoms with E-state index in [0.717, 1.165) is 5.75 Å². The van der Waals surface area contributed by atoms with Gasteiger partial charge < -0.3 is 25.2 Å². The van der Waals surface area contributed by atoms with Crippen LogP contribution in [0.1, 0.15) is 44.5 Å². The van der Waals surface area contributed by atoms with Gasteiger partial charge in [-0.25, -0.2) is 0 Å². The highest BCUT2D eigenvalue weighted by Crippen LogP contribution is 2.38. The summed E-state index contributed by atoms with van der Waals surface area (Å²) in [6.07, 6.45) is 0. The molecule has 0 radical (unpaired) electrons. The van der Waals surface area contributed by atoms with E-state index in [9.17, 15) is 20.4 Å². The maximum Gasteiger partial charge on any atom is 0.127 e. The van der Waals surface area contributed by atoms with Gasteiger partial charge in [0.25, 0.3) is 0 Å². The molecule has 10 heteroatoms. The number of nitrogens with one attached hydrogen (secondary N) is 2. The monoisotopic (exact) mass is 725 g/mol. The largest absolute Gasteiger partial charge is 0.507 e. The zero-order valence-corrected chi connectivity index (χ0v) is 31.9. The van der Waals surface area contributed by atoms with Gasteiger partial charge in [-0.15, -0.1) is 0 Å². The summed E-state index contributed by atoms with van der Waals surface area (Å²) in [5.74, 6) is 2.16. The first kappa shape index (κ1) is 37.1. The predicted octanol–water partition coefficient (Wildman–Crippen LogP) is 10.5. The number of phenols is 4. The molecule has 0 aliphatic heterocycles. The lowest BCUT2D eigenvalue weighted by Gasteiger charge is -2.46. The SMILES string of the molecule is Cc1cc(NN(c2cc(C)c(O)c(C)c2)N(c2cc(C)c(O)c(C)c2)N(Nc2ccc(Oc3ccccc3)cc2)c2cc(C)c(O)c(C)c2)cc(C)c1O. The van der Waals surface area contributed by atoms with Gasteiger partial charge in [0.15, 0.2) is 0 Å². The van der Waals surface area contributed by atoms with Gasteiger partial charge in [0.05, 0.1) is 28.4 Å². The molecular formula is C44H47N5O5. The molecule has 54 heavy (non-hydrogen) atoms. The van der Waals surface area contributed by atoms with Crippen LogP contribution in [0.5, 0.6) is 34.5 Å². The Balaban J connectivity index is 1.59. The van der Waals surface area contributed by atoms with Crippen LogP contribution < -0.4 is 30.9 Å². The number of aromatic hydroxyl groups is 4. The minimum Gasteiger partial charge on any atom is -0.507 e. The quantitative estimate of drug-likeness (QED) is 0.0568. The highest BCUT2D eigenvalue weighted by Gasteiger charge is 2.29. The number of para-hydroxylation sites is 1. The second-order valence-electron chi connectivity index (χ2n) is 13.8. The van der Waals surface area contributed by atoms with E-state index in [1.54, 1.807) is 0 Å². The van der Waals surface area contributed by atoms with Gasteiger partial charge in [0, 0.05) is 0 Å². The Bertz CT molecular complexity index is 2220. The minimum atomic E-state index is 0.184. The molecule has 0 heterocycles. The molecule has 10 nitrogen and oxygen atoms in total. The summed E-state index contributed by atoms with van der Waals surface area (Å²) in [5, 5.41) is 49.0. The Kier molecular flexibility index (Phi) is 10.4. The molecule has 0 bridgehead atoms. The second kappa shape index (κ2) is 15.1. The maximum atomic E-state index is 11.0. The molecule has 278 valence electrons. The molecule has 0 aliphatic rings. The van der Waals surface area contributed by atoms with Crippen molar-refractivity contribution in [2.24, 2.45) is 0 Å². The Morgan fingerprint density at radius 2 is 0.722 bits per heavy atom. The van der Waals surface area contributed by atoms with Crippen molar-refractivity contribution in [3.8, 4) is 34.5 Å². The first-order valence-corrected chi connectivity index (χ1v) is 17.7. The van der Waals surface area contributed by atoms with Crippen LogP contribution >= 0.6 is 0 Å². The predicted molar refractivity (Wildman–Crippen MR) is 218 cm³/mol. The van der Waals surface area contributed by atoms with Crippen molar-refractivity contribution in [2.45, 2.75) is 55.4 Å². The van der Waals surface area contributed by atoms with Gasteiger partial charge in [-0.05, 0) is 185 Å². The average Bonchev–Trinajstić information content (AvgIpc) is 3.14. The van der Waals surface area contributed by atoms with E-state index in [4.69, 9.17) is 4.74 Å². The fourth-order valence-corrected chi connectivity index (χ4v) is 6.41. The van der Waals surface area contributed by atoms with Crippen molar-refractivity contribution in [3.05, 3.63) is 148 Å². The first-order chi connectivity index (χ1) is 25.7. The zero-order valence-electron chi connectivity index (χ0n) is 31.9. The molecule has 0 spiro atoms. The summed E-state index contributed by atoms with van der Waals surface area (Å²) >= 11 is 0. The number of hydrogen-bond acceptors (Lipinski definition) is 10. The lowest BCUT2D eigenvalue weighted by Crippen LogP contribution is -2.59. The van der Waals surface area contributed by atoms with E-state index in [-0.39, 0.29) is 23.0 Å². The number of anilines is 5. The van der Waals surface area contributed by atoms with Gasteiger partial charge in [-0.3, -0.25) is 10.9 Å². The van der Waals surface area contributed by atoms with Gasteiger partial charge in [0.1, 0.15) is 34.5 Å². The first-order valence-electron chi connectivity index (χ1n) is 17.7. The second-order valence-corrected chi connectivity index (χ2v) is 13.8. The van der Waals surface area contributed by atoms with Crippen molar-refractivity contribution in [2.75, 3.05) is 26.2 Å². The standard InChI is InChI=1S/C44H47N5O5/c1-26-18-35(19-27(2)41(26)50)46-48(37-22-30(5)43(52)31(6)23-37)49(38-24-32(7)44(53)33(8)25-38)47(36-20-28(3)42(51)29(4)21-36)45-34-14-16-40(17-15-34)54-39-12-10-9-11-13-39/h9-25,45-46,50-53H,1-8H3. The van der Waals surface area contributed by atoms with Crippen LogP contribution in [-0.2, 0) is 0 Å².